The number of nitriles is 1. The maximum atomic E-state index is 12.7. The molecule has 7 heteroatoms. The van der Waals surface area contributed by atoms with Crippen molar-refractivity contribution in [3.8, 4) is 6.07 Å². The van der Waals surface area contributed by atoms with Crippen LogP contribution >= 0.6 is 0 Å². The molecule has 7 nitrogen and oxygen atoms in total. The molecule has 4 rings (SSSR count). The van der Waals surface area contributed by atoms with Crippen molar-refractivity contribution in [3.63, 3.8) is 0 Å². The van der Waals surface area contributed by atoms with Crippen molar-refractivity contribution in [3.05, 3.63) is 71.9 Å². The van der Waals surface area contributed by atoms with E-state index in [0.29, 0.717) is 17.0 Å². The van der Waals surface area contributed by atoms with Gasteiger partial charge in [-0.05, 0) is 31.5 Å². The number of ether oxygens (including phenoxy) is 1. The Hall–Kier alpha value is -3.76. The van der Waals surface area contributed by atoms with Crippen LogP contribution < -0.4 is 4.90 Å². The number of piperazine rings is 1. The van der Waals surface area contributed by atoms with E-state index >= 15 is 0 Å². The molecule has 0 amide bonds. The standard InChI is InChI=1S/C27H29N5O2/c1-20(2)34-27(33)22(19-28)25-26(30-24-13-7-6-12-23(24)29-25)32-17-15-31(16-18-32)14-8-11-21-9-4-3-5-10-21/h3-13,20,22H,14-18H2,1-2H3/b11-8+/t22-/m1/s1. The van der Waals surface area contributed by atoms with E-state index in [1.807, 2.05) is 42.5 Å². The maximum absolute atomic E-state index is 12.7. The van der Waals surface area contributed by atoms with Crippen molar-refractivity contribution in [2.75, 3.05) is 37.6 Å². The van der Waals surface area contributed by atoms with Crippen molar-refractivity contribution >= 4 is 28.9 Å². The SMILES string of the molecule is CC(C)OC(=O)[C@H](C#N)c1nc2ccccc2nc1N1CCN(C/C=C/c2ccccc2)CC1. The van der Waals surface area contributed by atoms with Crippen molar-refractivity contribution in [1.29, 1.82) is 5.26 Å². The van der Waals surface area contributed by atoms with Gasteiger partial charge in [-0.2, -0.15) is 5.26 Å². The Balaban J connectivity index is 1.53. The van der Waals surface area contributed by atoms with Gasteiger partial charge in [0.25, 0.3) is 0 Å². The Morgan fingerprint density at radius 1 is 1.03 bits per heavy atom. The van der Waals surface area contributed by atoms with Crippen molar-refractivity contribution in [1.82, 2.24) is 14.9 Å². The summed E-state index contributed by atoms with van der Waals surface area (Å²) in [5.41, 5.74) is 2.95. The lowest BCUT2D eigenvalue weighted by Crippen LogP contribution is -2.47. The summed E-state index contributed by atoms with van der Waals surface area (Å²) in [7, 11) is 0. The monoisotopic (exact) mass is 455 g/mol. The van der Waals surface area contributed by atoms with Crippen LogP contribution in [0.5, 0.6) is 0 Å². The van der Waals surface area contributed by atoms with Gasteiger partial charge in [-0.15, -0.1) is 0 Å². The number of carbonyl (C=O) groups excluding carboxylic acids is 1. The van der Waals surface area contributed by atoms with E-state index in [4.69, 9.17) is 14.7 Å². The van der Waals surface area contributed by atoms with E-state index in [2.05, 4.69) is 40.2 Å². The summed E-state index contributed by atoms with van der Waals surface area (Å²) in [5.74, 6) is -1.13. The number of esters is 1. The topological polar surface area (TPSA) is 82.3 Å². The third kappa shape index (κ3) is 5.59. The van der Waals surface area contributed by atoms with Crippen LogP contribution in [0.3, 0.4) is 0 Å². The fourth-order valence-electron chi connectivity index (χ4n) is 4.00. The Morgan fingerprint density at radius 3 is 2.32 bits per heavy atom. The van der Waals surface area contributed by atoms with Gasteiger partial charge in [-0.25, -0.2) is 9.97 Å². The van der Waals surface area contributed by atoms with Gasteiger partial charge in [0.2, 0.25) is 0 Å². The van der Waals surface area contributed by atoms with Gasteiger partial charge in [-0.3, -0.25) is 9.69 Å². The number of hydrogen-bond acceptors (Lipinski definition) is 7. The lowest BCUT2D eigenvalue weighted by atomic mass is 10.1. The van der Waals surface area contributed by atoms with Crippen LogP contribution in [-0.4, -0.2) is 59.7 Å². The van der Waals surface area contributed by atoms with Gasteiger partial charge in [0.05, 0.1) is 23.2 Å². The van der Waals surface area contributed by atoms with E-state index in [9.17, 15) is 10.1 Å². The molecule has 1 aromatic heterocycles. The molecular weight excluding hydrogens is 426 g/mol. The number of hydrogen-bond donors (Lipinski definition) is 0. The predicted octanol–water partition coefficient (Wildman–Crippen LogP) is 4.02. The summed E-state index contributed by atoms with van der Waals surface area (Å²) in [6.07, 6.45) is 4.00. The van der Waals surface area contributed by atoms with E-state index in [-0.39, 0.29) is 6.10 Å². The van der Waals surface area contributed by atoms with Gasteiger partial charge in [0.1, 0.15) is 5.69 Å². The zero-order chi connectivity index (χ0) is 23.9. The molecular formula is C27H29N5O2. The van der Waals surface area contributed by atoms with Crippen molar-refractivity contribution in [2.45, 2.75) is 25.9 Å². The molecule has 1 atom stereocenters. The maximum Gasteiger partial charge on any atom is 0.329 e. The number of carbonyl (C=O) groups is 1. The summed E-state index contributed by atoms with van der Waals surface area (Å²) in [6.45, 7) is 7.56. The van der Waals surface area contributed by atoms with E-state index in [1.54, 1.807) is 13.8 Å². The average Bonchev–Trinajstić information content (AvgIpc) is 2.85. The second-order valence-corrected chi connectivity index (χ2v) is 8.57. The normalized spacial score (nSPS) is 15.5. The lowest BCUT2D eigenvalue weighted by molar-refractivity contribution is -0.147. The van der Waals surface area contributed by atoms with Crippen LogP contribution in [0.1, 0.15) is 31.0 Å². The Bertz CT molecular complexity index is 1190. The Labute approximate surface area is 200 Å². The number of nitrogens with zero attached hydrogens (tertiary/aromatic N) is 5. The largest absolute Gasteiger partial charge is 0.462 e. The molecule has 34 heavy (non-hydrogen) atoms. The van der Waals surface area contributed by atoms with Gasteiger partial charge >= 0.3 is 5.97 Å². The third-order valence-electron chi connectivity index (χ3n) is 5.71. The van der Waals surface area contributed by atoms with Gasteiger partial charge in [-0.1, -0.05) is 54.6 Å². The van der Waals surface area contributed by atoms with Gasteiger partial charge in [0, 0.05) is 32.7 Å². The smallest absolute Gasteiger partial charge is 0.329 e. The molecule has 1 aliphatic rings. The van der Waals surface area contributed by atoms with Gasteiger partial charge in [0.15, 0.2) is 11.7 Å². The summed E-state index contributed by atoms with van der Waals surface area (Å²) in [5, 5.41) is 9.84. The number of benzene rings is 2. The highest BCUT2D eigenvalue weighted by Gasteiger charge is 2.31. The highest BCUT2D eigenvalue weighted by molar-refractivity contribution is 5.85. The average molecular weight is 456 g/mol. The zero-order valence-corrected chi connectivity index (χ0v) is 19.6. The Morgan fingerprint density at radius 2 is 1.68 bits per heavy atom. The van der Waals surface area contributed by atoms with E-state index in [0.717, 1.165) is 38.2 Å². The molecule has 1 saturated heterocycles. The summed E-state index contributed by atoms with van der Waals surface area (Å²) < 4.78 is 5.35. The number of rotatable bonds is 7. The predicted molar refractivity (Wildman–Crippen MR) is 133 cm³/mol. The van der Waals surface area contributed by atoms with E-state index < -0.39 is 11.9 Å². The highest BCUT2D eigenvalue weighted by atomic mass is 16.5. The van der Waals surface area contributed by atoms with Crippen molar-refractivity contribution < 1.29 is 9.53 Å². The van der Waals surface area contributed by atoms with Gasteiger partial charge < -0.3 is 9.64 Å². The minimum atomic E-state index is -1.12. The molecule has 0 spiro atoms. The molecule has 0 N–H and O–H groups in total. The van der Waals surface area contributed by atoms with Crippen LogP contribution in [0, 0.1) is 11.3 Å². The van der Waals surface area contributed by atoms with Crippen LogP contribution in [-0.2, 0) is 9.53 Å². The minimum Gasteiger partial charge on any atom is -0.462 e. The third-order valence-corrected chi connectivity index (χ3v) is 5.71. The lowest BCUT2D eigenvalue weighted by Gasteiger charge is -2.35. The molecule has 174 valence electrons. The van der Waals surface area contributed by atoms with Crippen LogP contribution in [0.25, 0.3) is 17.1 Å². The molecule has 2 aromatic carbocycles. The fourth-order valence-corrected chi connectivity index (χ4v) is 4.00. The number of para-hydroxylation sites is 2. The first-order valence-corrected chi connectivity index (χ1v) is 11.6. The molecule has 2 heterocycles. The number of fused-ring (bicyclic) bond motifs is 1. The van der Waals surface area contributed by atoms with Crippen LogP contribution in [0.2, 0.25) is 0 Å². The molecule has 3 aromatic rings. The first-order chi connectivity index (χ1) is 16.5. The quantitative estimate of drug-likeness (QED) is 0.498. The zero-order valence-electron chi connectivity index (χ0n) is 19.6. The molecule has 0 bridgehead atoms. The second kappa shape index (κ2) is 10.9. The summed E-state index contributed by atoms with van der Waals surface area (Å²) in [4.78, 5) is 26.7. The Kier molecular flexibility index (Phi) is 7.51. The number of anilines is 1. The second-order valence-electron chi connectivity index (χ2n) is 8.57. The molecule has 1 fully saturated rings. The fraction of sp³-hybridized carbons (Fsp3) is 0.333. The first-order valence-electron chi connectivity index (χ1n) is 11.6. The minimum absolute atomic E-state index is 0.312. The molecule has 0 unspecified atom stereocenters. The number of aromatic nitrogens is 2. The first kappa shape index (κ1) is 23.4. The highest BCUT2D eigenvalue weighted by Crippen LogP contribution is 2.29. The molecule has 0 radical (unpaired) electrons. The summed E-state index contributed by atoms with van der Waals surface area (Å²) >= 11 is 0. The summed E-state index contributed by atoms with van der Waals surface area (Å²) in [6, 6.07) is 19.9. The molecule has 1 aliphatic heterocycles. The molecule has 0 aliphatic carbocycles. The van der Waals surface area contributed by atoms with E-state index in [1.165, 1.54) is 5.56 Å². The van der Waals surface area contributed by atoms with Crippen LogP contribution in [0.15, 0.2) is 60.7 Å². The molecule has 0 saturated carbocycles. The van der Waals surface area contributed by atoms with Crippen LogP contribution in [0.4, 0.5) is 5.82 Å². The van der Waals surface area contributed by atoms with Crippen molar-refractivity contribution in [2.24, 2.45) is 0 Å².